The van der Waals surface area contributed by atoms with Gasteiger partial charge in [0.2, 0.25) is 5.95 Å². The van der Waals surface area contributed by atoms with Crippen LogP contribution in [-0.2, 0) is 11.3 Å². The van der Waals surface area contributed by atoms with Crippen LogP contribution in [0.5, 0.6) is 0 Å². The third-order valence-corrected chi connectivity index (χ3v) is 3.78. The highest BCUT2D eigenvalue weighted by molar-refractivity contribution is 5.32. The van der Waals surface area contributed by atoms with Crippen molar-refractivity contribution in [3.63, 3.8) is 0 Å². The molecule has 0 aromatic carbocycles. The molecular formula is C14H24N4O. The fraction of sp³-hybridized carbons (Fsp3) is 0.786. The van der Waals surface area contributed by atoms with Gasteiger partial charge in [-0.3, -0.25) is 4.90 Å². The molecule has 5 nitrogen and oxygen atoms in total. The van der Waals surface area contributed by atoms with Crippen LogP contribution in [0.1, 0.15) is 25.0 Å². The molecule has 0 radical (unpaired) electrons. The van der Waals surface area contributed by atoms with Crippen molar-refractivity contribution in [1.82, 2.24) is 14.5 Å². The van der Waals surface area contributed by atoms with Crippen molar-refractivity contribution in [2.45, 2.75) is 38.8 Å². The van der Waals surface area contributed by atoms with Crippen molar-refractivity contribution < 1.29 is 4.74 Å². The molecule has 19 heavy (non-hydrogen) atoms. The quantitative estimate of drug-likeness (QED) is 0.845. The minimum absolute atomic E-state index is 0.666. The topological polar surface area (TPSA) is 42.3 Å². The van der Waals surface area contributed by atoms with Gasteiger partial charge in [0.1, 0.15) is 0 Å². The first-order valence-corrected chi connectivity index (χ1v) is 7.42. The smallest absolute Gasteiger partial charge is 0.203 e. The van der Waals surface area contributed by atoms with Crippen molar-refractivity contribution in [2.75, 3.05) is 38.2 Å². The third-order valence-electron chi connectivity index (χ3n) is 3.78. The molecular weight excluding hydrogens is 240 g/mol. The Balaban J connectivity index is 1.48. The number of hydrogen-bond acceptors (Lipinski definition) is 4. The van der Waals surface area contributed by atoms with Crippen LogP contribution in [0.25, 0.3) is 0 Å². The monoisotopic (exact) mass is 264 g/mol. The van der Waals surface area contributed by atoms with E-state index in [-0.39, 0.29) is 0 Å². The molecule has 1 aromatic heterocycles. The van der Waals surface area contributed by atoms with Crippen LogP contribution < -0.4 is 5.32 Å². The molecule has 1 N–H and O–H groups in total. The normalized spacial score (nSPS) is 20.7. The van der Waals surface area contributed by atoms with E-state index in [0.29, 0.717) is 6.04 Å². The van der Waals surface area contributed by atoms with Crippen LogP contribution >= 0.6 is 0 Å². The maximum atomic E-state index is 5.37. The Morgan fingerprint density at radius 3 is 2.84 bits per heavy atom. The summed E-state index contributed by atoms with van der Waals surface area (Å²) in [6.45, 7) is 8.21. The van der Waals surface area contributed by atoms with Gasteiger partial charge in [-0.15, -0.1) is 0 Å². The first kappa shape index (κ1) is 12.9. The van der Waals surface area contributed by atoms with Gasteiger partial charge in [-0.25, -0.2) is 4.98 Å². The molecule has 2 aliphatic rings. The van der Waals surface area contributed by atoms with Crippen LogP contribution in [0.4, 0.5) is 5.95 Å². The van der Waals surface area contributed by atoms with Crippen LogP contribution in [-0.4, -0.2) is 53.3 Å². The summed E-state index contributed by atoms with van der Waals surface area (Å²) in [5.74, 6) is 1.06. The molecule has 0 bridgehead atoms. The third kappa shape index (κ3) is 3.70. The molecule has 1 aromatic rings. The minimum Gasteiger partial charge on any atom is -0.379 e. The number of morpholine rings is 1. The van der Waals surface area contributed by atoms with E-state index in [1.165, 1.54) is 19.3 Å². The molecule has 1 aliphatic heterocycles. The van der Waals surface area contributed by atoms with Gasteiger partial charge < -0.3 is 14.6 Å². The summed E-state index contributed by atoms with van der Waals surface area (Å²) >= 11 is 0. The predicted octanol–water partition coefficient (Wildman–Crippen LogP) is 1.49. The maximum absolute atomic E-state index is 5.37. The Morgan fingerprint density at radius 1 is 1.32 bits per heavy atom. The molecule has 0 amide bonds. The second-order valence-electron chi connectivity index (χ2n) is 5.63. The van der Waals surface area contributed by atoms with Gasteiger partial charge in [-0.1, -0.05) is 0 Å². The fourth-order valence-electron chi connectivity index (χ4n) is 2.53. The van der Waals surface area contributed by atoms with Crippen molar-refractivity contribution in [3.8, 4) is 0 Å². The zero-order valence-corrected chi connectivity index (χ0v) is 11.8. The number of hydrogen-bond donors (Lipinski definition) is 1. The highest BCUT2D eigenvalue weighted by Gasteiger charge is 2.23. The Bertz CT molecular complexity index is 408. The van der Waals surface area contributed by atoms with Crippen LogP contribution in [0.2, 0.25) is 0 Å². The molecule has 2 fully saturated rings. The van der Waals surface area contributed by atoms with Gasteiger partial charge in [0.15, 0.2) is 0 Å². The summed E-state index contributed by atoms with van der Waals surface area (Å²) in [5, 5.41) is 3.51. The summed E-state index contributed by atoms with van der Waals surface area (Å²) in [6, 6.07) is 0.666. The zero-order valence-electron chi connectivity index (χ0n) is 11.8. The lowest BCUT2D eigenvalue weighted by atomic mass is 10.3. The Labute approximate surface area is 114 Å². The van der Waals surface area contributed by atoms with Crippen LogP contribution in [0, 0.1) is 6.92 Å². The van der Waals surface area contributed by atoms with Gasteiger partial charge in [-0.05, 0) is 26.2 Å². The van der Waals surface area contributed by atoms with Crippen molar-refractivity contribution >= 4 is 5.95 Å². The Kier molecular flexibility index (Phi) is 4.03. The number of anilines is 1. The van der Waals surface area contributed by atoms with Crippen molar-refractivity contribution in [2.24, 2.45) is 0 Å². The summed E-state index contributed by atoms with van der Waals surface area (Å²) < 4.78 is 7.64. The van der Waals surface area contributed by atoms with Crippen LogP contribution in [0.15, 0.2) is 6.20 Å². The maximum Gasteiger partial charge on any atom is 0.203 e. The van der Waals surface area contributed by atoms with E-state index in [0.717, 1.165) is 51.0 Å². The zero-order chi connectivity index (χ0) is 13.1. The molecule has 1 aliphatic carbocycles. The number of rotatable bonds is 6. The number of aryl methyl sites for hydroxylation is 2. The SMILES string of the molecule is Cc1cn(CCCN2CCOCC2)c(NC2CC2)n1. The molecule has 0 atom stereocenters. The lowest BCUT2D eigenvalue weighted by molar-refractivity contribution is 0.0369. The largest absolute Gasteiger partial charge is 0.379 e. The van der Waals surface area contributed by atoms with Crippen molar-refractivity contribution in [1.29, 1.82) is 0 Å². The molecule has 0 unspecified atom stereocenters. The summed E-state index contributed by atoms with van der Waals surface area (Å²) in [7, 11) is 0. The molecule has 1 saturated heterocycles. The minimum atomic E-state index is 0.666. The molecule has 2 heterocycles. The Morgan fingerprint density at radius 2 is 2.11 bits per heavy atom. The van der Waals surface area contributed by atoms with E-state index in [9.17, 15) is 0 Å². The summed E-state index contributed by atoms with van der Waals surface area (Å²) in [5.41, 5.74) is 1.11. The molecule has 5 heteroatoms. The van der Waals surface area contributed by atoms with E-state index >= 15 is 0 Å². The number of aromatic nitrogens is 2. The van der Waals surface area contributed by atoms with Gasteiger partial charge >= 0.3 is 0 Å². The van der Waals surface area contributed by atoms with E-state index < -0.39 is 0 Å². The highest BCUT2D eigenvalue weighted by atomic mass is 16.5. The molecule has 106 valence electrons. The van der Waals surface area contributed by atoms with Crippen LogP contribution in [0.3, 0.4) is 0 Å². The van der Waals surface area contributed by atoms with Gasteiger partial charge in [0.05, 0.1) is 18.9 Å². The second-order valence-corrected chi connectivity index (χ2v) is 5.63. The van der Waals surface area contributed by atoms with E-state index in [2.05, 4.69) is 32.9 Å². The first-order valence-electron chi connectivity index (χ1n) is 7.42. The van der Waals surface area contributed by atoms with Crippen molar-refractivity contribution in [3.05, 3.63) is 11.9 Å². The van der Waals surface area contributed by atoms with E-state index in [1.54, 1.807) is 0 Å². The molecule has 3 rings (SSSR count). The fourth-order valence-corrected chi connectivity index (χ4v) is 2.53. The van der Waals surface area contributed by atoms with Gasteiger partial charge in [0, 0.05) is 38.4 Å². The average molecular weight is 264 g/mol. The number of ether oxygens (including phenoxy) is 1. The second kappa shape index (κ2) is 5.92. The lowest BCUT2D eigenvalue weighted by Crippen LogP contribution is -2.37. The van der Waals surface area contributed by atoms with Gasteiger partial charge in [0.25, 0.3) is 0 Å². The first-order chi connectivity index (χ1) is 9.31. The lowest BCUT2D eigenvalue weighted by Gasteiger charge is -2.26. The van der Waals surface area contributed by atoms with Gasteiger partial charge in [-0.2, -0.15) is 0 Å². The van der Waals surface area contributed by atoms with E-state index in [1.807, 2.05) is 0 Å². The summed E-state index contributed by atoms with van der Waals surface area (Å²) in [4.78, 5) is 7.06. The van der Waals surface area contributed by atoms with E-state index in [4.69, 9.17) is 4.74 Å². The standard InChI is InChI=1S/C14H24N4O/c1-12-11-18(14(15-12)16-13-3-4-13)6-2-5-17-7-9-19-10-8-17/h11,13H,2-10H2,1H3,(H,15,16). The average Bonchev–Trinajstić information content (AvgIpc) is 3.15. The molecule has 0 spiro atoms. The highest BCUT2D eigenvalue weighted by Crippen LogP contribution is 2.24. The predicted molar refractivity (Wildman–Crippen MR) is 75.5 cm³/mol. The summed E-state index contributed by atoms with van der Waals surface area (Å²) in [6.07, 6.45) is 5.92. The number of nitrogens with one attached hydrogen (secondary N) is 1. The Hall–Kier alpha value is -1.07. The molecule has 1 saturated carbocycles. The number of nitrogens with zero attached hydrogens (tertiary/aromatic N) is 3. The number of imidazole rings is 1.